The highest BCUT2D eigenvalue weighted by Crippen LogP contribution is 2.20. The molecule has 116 valence electrons. The SMILES string of the molecule is Cc1ccc(C(=O)NS(=O)(=O)c2cc(Br)ccc2C)c(=O)[nH]1. The van der Waals surface area contributed by atoms with Gasteiger partial charge in [0.15, 0.2) is 0 Å². The molecule has 0 spiro atoms. The molecule has 0 aliphatic rings. The molecule has 0 fully saturated rings. The fourth-order valence-electron chi connectivity index (χ4n) is 1.85. The summed E-state index contributed by atoms with van der Waals surface area (Å²) in [5.74, 6) is -0.972. The van der Waals surface area contributed by atoms with Crippen molar-refractivity contribution in [3.63, 3.8) is 0 Å². The van der Waals surface area contributed by atoms with Crippen molar-refractivity contribution in [1.29, 1.82) is 0 Å². The van der Waals surface area contributed by atoms with Crippen LogP contribution in [-0.4, -0.2) is 19.3 Å². The van der Waals surface area contributed by atoms with Gasteiger partial charge in [-0.1, -0.05) is 22.0 Å². The van der Waals surface area contributed by atoms with Crippen LogP contribution in [0.5, 0.6) is 0 Å². The number of carbonyl (C=O) groups excluding carboxylic acids is 1. The van der Waals surface area contributed by atoms with Gasteiger partial charge < -0.3 is 4.98 Å². The number of aromatic nitrogens is 1. The van der Waals surface area contributed by atoms with E-state index in [0.29, 0.717) is 15.7 Å². The fourth-order valence-corrected chi connectivity index (χ4v) is 3.60. The average molecular weight is 385 g/mol. The van der Waals surface area contributed by atoms with Gasteiger partial charge in [0.2, 0.25) is 0 Å². The molecule has 2 aromatic rings. The first-order valence-electron chi connectivity index (χ1n) is 6.24. The summed E-state index contributed by atoms with van der Waals surface area (Å²) in [6, 6.07) is 7.51. The molecule has 6 nitrogen and oxygen atoms in total. The van der Waals surface area contributed by atoms with Crippen LogP contribution in [0.2, 0.25) is 0 Å². The third kappa shape index (κ3) is 3.45. The summed E-state index contributed by atoms with van der Waals surface area (Å²) >= 11 is 3.19. The van der Waals surface area contributed by atoms with Gasteiger partial charge in [-0.3, -0.25) is 9.59 Å². The quantitative estimate of drug-likeness (QED) is 0.843. The second-order valence-corrected chi connectivity index (χ2v) is 7.30. The van der Waals surface area contributed by atoms with Gasteiger partial charge >= 0.3 is 0 Å². The van der Waals surface area contributed by atoms with Crippen LogP contribution in [0.25, 0.3) is 0 Å². The lowest BCUT2D eigenvalue weighted by atomic mass is 10.2. The number of nitrogens with one attached hydrogen (secondary N) is 2. The topological polar surface area (TPSA) is 96.1 Å². The van der Waals surface area contributed by atoms with Crippen molar-refractivity contribution in [2.75, 3.05) is 0 Å². The minimum absolute atomic E-state index is 0.0289. The zero-order valence-corrected chi connectivity index (χ0v) is 14.2. The van der Waals surface area contributed by atoms with Crippen LogP contribution in [0.3, 0.4) is 0 Å². The van der Waals surface area contributed by atoms with Crippen molar-refractivity contribution in [3.05, 3.63) is 62.0 Å². The zero-order valence-electron chi connectivity index (χ0n) is 11.8. The van der Waals surface area contributed by atoms with Crippen molar-refractivity contribution in [3.8, 4) is 0 Å². The van der Waals surface area contributed by atoms with Crippen LogP contribution in [0.15, 0.2) is 44.5 Å². The number of benzene rings is 1. The van der Waals surface area contributed by atoms with Gasteiger partial charge in [0.05, 0.1) is 4.90 Å². The highest BCUT2D eigenvalue weighted by molar-refractivity contribution is 9.10. The first-order chi connectivity index (χ1) is 10.2. The number of rotatable bonds is 3. The minimum atomic E-state index is -4.07. The molecule has 22 heavy (non-hydrogen) atoms. The standard InChI is InChI=1S/C14H13BrN2O4S/c1-8-3-5-10(15)7-12(8)22(20,21)17-14(19)11-6-4-9(2)16-13(11)18/h3-7H,1-2H3,(H,16,18)(H,17,19). The molecule has 0 radical (unpaired) electrons. The first kappa shape index (κ1) is 16.4. The number of H-pyrrole nitrogens is 1. The van der Waals surface area contributed by atoms with Crippen molar-refractivity contribution >= 4 is 31.9 Å². The summed E-state index contributed by atoms with van der Waals surface area (Å²) in [5.41, 5.74) is 0.161. The average Bonchev–Trinajstić information content (AvgIpc) is 2.40. The van der Waals surface area contributed by atoms with Gasteiger partial charge in [-0.15, -0.1) is 0 Å². The van der Waals surface area contributed by atoms with E-state index in [1.54, 1.807) is 26.0 Å². The number of hydrogen-bond acceptors (Lipinski definition) is 4. The van der Waals surface area contributed by atoms with E-state index in [-0.39, 0.29) is 10.5 Å². The Morgan fingerprint density at radius 1 is 1.18 bits per heavy atom. The van der Waals surface area contributed by atoms with Crippen LogP contribution in [0.1, 0.15) is 21.6 Å². The number of aromatic amines is 1. The minimum Gasteiger partial charge on any atom is -0.326 e. The van der Waals surface area contributed by atoms with E-state index in [1.807, 2.05) is 4.72 Å². The monoisotopic (exact) mass is 384 g/mol. The molecule has 0 unspecified atom stereocenters. The summed E-state index contributed by atoms with van der Waals surface area (Å²) in [6.07, 6.45) is 0. The van der Waals surface area contributed by atoms with Crippen molar-refractivity contribution in [2.45, 2.75) is 18.7 Å². The molecular weight excluding hydrogens is 372 g/mol. The Balaban J connectivity index is 2.38. The number of aryl methyl sites for hydroxylation is 2. The number of pyridine rings is 1. The molecule has 0 aliphatic heterocycles. The molecule has 0 saturated heterocycles. The molecule has 1 amide bonds. The molecule has 1 heterocycles. The maximum Gasteiger partial charge on any atom is 0.270 e. The zero-order chi connectivity index (χ0) is 16.5. The largest absolute Gasteiger partial charge is 0.326 e. The van der Waals surface area contributed by atoms with Gasteiger partial charge in [0, 0.05) is 10.2 Å². The maximum absolute atomic E-state index is 12.3. The summed E-state index contributed by atoms with van der Waals surface area (Å²) in [4.78, 5) is 26.2. The number of halogens is 1. The molecule has 8 heteroatoms. The molecule has 2 N–H and O–H groups in total. The van der Waals surface area contributed by atoms with E-state index >= 15 is 0 Å². The first-order valence-corrected chi connectivity index (χ1v) is 8.51. The number of carbonyl (C=O) groups is 1. The molecule has 0 bridgehead atoms. The Morgan fingerprint density at radius 3 is 2.50 bits per heavy atom. The highest BCUT2D eigenvalue weighted by atomic mass is 79.9. The van der Waals surface area contributed by atoms with E-state index in [4.69, 9.17) is 0 Å². The third-order valence-corrected chi connectivity index (χ3v) is 4.93. The second-order valence-electron chi connectivity index (χ2n) is 4.73. The highest BCUT2D eigenvalue weighted by Gasteiger charge is 2.22. The lowest BCUT2D eigenvalue weighted by Crippen LogP contribution is -2.34. The van der Waals surface area contributed by atoms with Crippen molar-refractivity contribution < 1.29 is 13.2 Å². The van der Waals surface area contributed by atoms with Crippen molar-refractivity contribution in [1.82, 2.24) is 9.71 Å². The predicted molar refractivity (Wildman–Crippen MR) is 85.3 cm³/mol. The molecule has 0 saturated carbocycles. The summed E-state index contributed by atoms with van der Waals surface area (Å²) in [7, 11) is -4.07. The van der Waals surface area contributed by atoms with E-state index in [0.717, 1.165) is 0 Å². The fraction of sp³-hybridized carbons (Fsp3) is 0.143. The molecule has 1 aromatic heterocycles. The smallest absolute Gasteiger partial charge is 0.270 e. The molecule has 2 rings (SSSR count). The molecule has 1 aromatic carbocycles. The maximum atomic E-state index is 12.3. The second kappa shape index (κ2) is 6.05. The number of sulfonamides is 1. The lowest BCUT2D eigenvalue weighted by molar-refractivity contribution is 0.0980. The lowest BCUT2D eigenvalue weighted by Gasteiger charge is -2.09. The summed E-state index contributed by atoms with van der Waals surface area (Å²) in [5, 5.41) is 0. The van der Waals surface area contributed by atoms with Gasteiger partial charge in [-0.2, -0.15) is 0 Å². The number of amides is 1. The molecule has 0 aliphatic carbocycles. The van der Waals surface area contributed by atoms with Gasteiger partial charge in [0.1, 0.15) is 5.56 Å². The van der Waals surface area contributed by atoms with Gasteiger partial charge in [-0.25, -0.2) is 13.1 Å². The summed E-state index contributed by atoms with van der Waals surface area (Å²) in [6.45, 7) is 3.27. The Hall–Kier alpha value is -1.93. The van der Waals surface area contributed by atoms with E-state index in [9.17, 15) is 18.0 Å². The van der Waals surface area contributed by atoms with E-state index in [2.05, 4.69) is 20.9 Å². The van der Waals surface area contributed by atoms with Crippen LogP contribution in [-0.2, 0) is 10.0 Å². The Bertz CT molecular complexity index is 903. The normalized spacial score (nSPS) is 11.2. The Morgan fingerprint density at radius 2 is 1.86 bits per heavy atom. The predicted octanol–water partition coefficient (Wildman–Crippen LogP) is 1.87. The third-order valence-electron chi connectivity index (χ3n) is 2.97. The Kier molecular flexibility index (Phi) is 4.52. The van der Waals surface area contributed by atoms with Gasteiger partial charge in [0.25, 0.3) is 21.5 Å². The van der Waals surface area contributed by atoms with E-state index < -0.39 is 21.5 Å². The number of hydrogen-bond donors (Lipinski definition) is 2. The van der Waals surface area contributed by atoms with E-state index in [1.165, 1.54) is 18.2 Å². The molecular formula is C14H13BrN2O4S. The Labute approximate surface area is 135 Å². The van der Waals surface area contributed by atoms with Crippen LogP contribution in [0.4, 0.5) is 0 Å². The van der Waals surface area contributed by atoms with Crippen molar-refractivity contribution in [2.24, 2.45) is 0 Å². The van der Waals surface area contributed by atoms with Gasteiger partial charge in [-0.05, 0) is 43.7 Å². The van der Waals surface area contributed by atoms with Crippen LogP contribution < -0.4 is 10.3 Å². The summed E-state index contributed by atoms with van der Waals surface area (Å²) < 4.78 is 27.1. The van der Waals surface area contributed by atoms with Crippen LogP contribution >= 0.6 is 15.9 Å². The molecule has 0 atom stereocenters. The van der Waals surface area contributed by atoms with Crippen LogP contribution in [0, 0.1) is 13.8 Å².